The minimum Gasteiger partial charge on any atom is -0.507 e. The van der Waals surface area contributed by atoms with Crippen LogP contribution in [-0.2, 0) is 37.3 Å². The van der Waals surface area contributed by atoms with Gasteiger partial charge in [-0.2, -0.15) is 0 Å². The van der Waals surface area contributed by atoms with Crippen molar-refractivity contribution in [3.63, 3.8) is 0 Å². The van der Waals surface area contributed by atoms with Crippen LogP contribution in [0.1, 0.15) is 79.0 Å². The van der Waals surface area contributed by atoms with Gasteiger partial charge in [0.05, 0.1) is 22.3 Å². The van der Waals surface area contributed by atoms with Crippen LogP contribution in [0.4, 0.5) is 0 Å². The van der Waals surface area contributed by atoms with Gasteiger partial charge in [0.15, 0.2) is 0 Å². The van der Waals surface area contributed by atoms with Crippen LogP contribution >= 0.6 is 0 Å². The first kappa shape index (κ1) is 52.0. The largest absolute Gasteiger partial charge is 0.507 e. The number of hydrogen-bond acceptors (Lipinski definition) is 3. The van der Waals surface area contributed by atoms with Crippen LogP contribution in [0.15, 0.2) is 212 Å². The molecule has 9 aromatic carbocycles. The van der Waals surface area contributed by atoms with E-state index in [0.717, 1.165) is 100.0 Å². The van der Waals surface area contributed by atoms with Gasteiger partial charge in [-0.1, -0.05) is 236 Å². The molecule has 78 heavy (non-hydrogen) atoms. The first-order chi connectivity index (χ1) is 37.0. The number of pyridine rings is 1. The molecule has 0 aliphatic rings. The molecule has 1 N–H and O–H groups in total. The zero-order chi connectivity index (χ0) is 53.4. The van der Waals surface area contributed by atoms with Crippen LogP contribution in [-0.4, -0.2) is 24.2 Å². The molecule has 0 fully saturated rings. The fraction of sp³-hybridized carbons (Fsp3) is 0.167. The maximum atomic E-state index is 12.8. The second kappa shape index (κ2) is 20.0. The summed E-state index contributed by atoms with van der Waals surface area (Å²) in [4.78, 5) is 10.9. The van der Waals surface area contributed by atoms with Gasteiger partial charge in [-0.3, -0.25) is 9.55 Å². The second-order valence-corrected chi connectivity index (χ2v) is 23.6. The fourth-order valence-electron chi connectivity index (χ4n) is 11.0. The number of imidazole rings is 1. The summed E-state index contributed by atoms with van der Waals surface area (Å²) in [7, 11) is 0. The molecule has 0 unspecified atom stereocenters. The molecule has 0 radical (unpaired) electrons. The van der Waals surface area contributed by atoms with Gasteiger partial charge in [-0.05, 0) is 115 Å². The summed E-state index contributed by atoms with van der Waals surface area (Å²) in [6.07, 6.45) is 1.91. The van der Waals surface area contributed by atoms with Crippen molar-refractivity contribution >= 4 is 32.8 Å². The van der Waals surface area contributed by atoms with E-state index in [1.165, 1.54) is 16.7 Å². The van der Waals surface area contributed by atoms with Crippen molar-refractivity contribution in [2.75, 3.05) is 0 Å². The van der Waals surface area contributed by atoms with Crippen LogP contribution in [0.2, 0.25) is 0 Å². The van der Waals surface area contributed by atoms with Crippen molar-refractivity contribution < 1.29 is 26.2 Å². The van der Waals surface area contributed by atoms with E-state index < -0.39 is 0 Å². The summed E-state index contributed by atoms with van der Waals surface area (Å²) in [5, 5.41) is 15.0. The molecule has 0 saturated heterocycles. The molecule has 6 heteroatoms. The summed E-state index contributed by atoms with van der Waals surface area (Å²) in [5.41, 5.74) is 19.2. The fourth-order valence-corrected chi connectivity index (χ4v) is 11.0. The molecule has 0 spiro atoms. The number of rotatable bonds is 8. The summed E-state index contributed by atoms with van der Waals surface area (Å²) >= 11 is 0. The molecular formula is C72H63N4OPt-. The maximum Gasteiger partial charge on any atom is 0.148 e. The number of aromatic hydroxyl groups is 1. The summed E-state index contributed by atoms with van der Waals surface area (Å²) in [6.45, 7) is 20.0. The number of phenolic OH excluding ortho intramolecular Hbond substituents is 1. The summed E-state index contributed by atoms with van der Waals surface area (Å²) < 4.78 is 4.67. The van der Waals surface area contributed by atoms with Crippen molar-refractivity contribution in [2.45, 2.75) is 78.6 Å². The Labute approximate surface area is 473 Å². The van der Waals surface area contributed by atoms with Crippen LogP contribution in [0.5, 0.6) is 5.75 Å². The molecule has 0 atom stereocenters. The molecule has 0 aliphatic heterocycles. The van der Waals surface area contributed by atoms with Gasteiger partial charge < -0.3 is 9.67 Å². The van der Waals surface area contributed by atoms with Crippen LogP contribution in [0.25, 0.3) is 111 Å². The van der Waals surface area contributed by atoms with Crippen molar-refractivity contribution in [1.29, 1.82) is 0 Å². The number of fused-ring (bicyclic) bond motifs is 4. The van der Waals surface area contributed by atoms with E-state index in [1.807, 2.05) is 6.20 Å². The average Bonchev–Trinajstić information content (AvgIpc) is 4.05. The van der Waals surface area contributed by atoms with Gasteiger partial charge in [0.2, 0.25) is 0 Å². The number of aromatic nitrogens is 4. The molecule has 0 bridgehead atoms. The average molecular weight is 1200 g/mol. The molecule has 388 valence electrons. The Morgan fingerprint density at radius 2 is 1.04 bits per heavy atom. The topological polar surface area (TPSA) is 55.9 Å². The Bertz CT molecular complexity index is 4190. The third-order valence-corrected chi connectivity index (χ3v) is 15.2. The second-order valence-electron chi connectivity index (χ2n) is 23.6. The van der Waals surface area contributed by atoms with E-state index in [2.05, 4.69) is 284 Å². The van der Waals surface area contributed by atoms with E-state index >= 15 is 0 Å². The van der Waals surface area contributed by atoms with Gasteiger partial charge in [0, 0.05) is 55.3 Å². The third-order valence-electron chi connectivity index (χ3n) is 15.2. The SMILES string of the molecule is CC(C)(C)c1ccc(-n2c(-c3cc(C(C)(C)C)cc(C(C)(C)C)c3O)nc3c(-c4[c-]c(-c5cc(-c6ccc(-c7ccccc7)cc6)ccn5)cc5c6ccccc6n(-c6ccccc6)c45)cccc32)c(-c2ccccc2)c1.[Pt]. The van der Waals surface area contributed by atoms with Crippen molar-refractivity contribution in [3.8, 4) is 84.3 Å². The third kappa shape index (κ3) is 9.39. The standard InChI is InChI=1S/C72H63N4O.Pt/c1-70(2,3)52-36-37-64(57(43-52)49-24-15-11-16-25-49)76-65-31-21-29-56(66(65)74-69(76)60-44-53(71(4,5)6)45-61(68(60)77)72(7,8)9)59-41-51(40-58-55-28-19-20-30-63(55)75(67(58)59)54-26-17-12-18-27-54)62-42-50(38-39-73-62)48-34-32-47(33-35-48)46-22-13-10-14-23-46;/h10-40,42-45,77H,1-9H3;/q-1;. The van der Waals surface area contributed by atoms with E-state index in [4.69, 9.17) is 9.97 Å². The summed E-state index contributed by atoms with van der Waals surface area (Å²) in [5.74, 6) is 0.892. The number of para-hydroxylation sites is 3. The van der Waals surface area contributed by atoms with E-state index in [9.17, 15) is 5.11 Å². The van der Waals surface area contributed by atoms with Gasteiger partial charge in [0.25, 0.3) is 0 Å². The minimum absolute atomic E-state index is 0. The first-order valence-corrected chi connectivity index (χ1v) is 26.8. The van der Waals surface area contributed by atoms with Gasteiger partial charge >= 0.3 is 0 Å². The van der Waals surface area contributed by atoms with Crippen LogP contribution < -0.4 is 0 Å². The number of hydrogen-bond donors (Lipinski definition) is 1. The Balaban J connectivity index is 0.00000645. The zero-order valence-corrected chi connectivity index (χ0v) is 48.0. The Kier molecular flexibility index (Phi) is 13.3. The molecule has 0 amide bonds. The molecule has 0 saturated carbocycles. The molecule has 5 nitrogen and oxygen atoms in total. The van der Waals surface area contributed by atoms with Gasteiger partial charge in [0.1, 0.15) is 11.6 Å². The molecule has 3 aromatic heterocycles. The van der Waals surface area contributed by atoms with Gasteiger partial charge in [-0.25, -0.2) is 4.98 Å². The van der Waals surface area contributed by atoms with E-state index in [-0.39, 0.29) is 43.1 Å². The Morgan fingerprint density at radius 3 is 1.71 bits per heavy atom. The Morgan fingerprint density at radius 1 is 0.449 bits per heavy atom. The quantitative estimate of drug-likeness (QED) is 0.154. The molecule has 12 aromatic rings. The summed E-state index contributed by atoms with van der Waals surface area (Å²) in [6, 6.07) is 77.5. The number of nitrogens with zero attached hydrogens (tertiary/aromatic N) is 4. The van der Waals surface area contributed by atoms with Crippen molar-refractivity contribution in [3.05, 3.63) is 235 Å². The minimum atomic E-state index is -0.367. The van der Waals surface area contributed by atoms with Crippen molar-refractivity contribution in [2.24, 2.45) is 0 Å². The molecule has 0 aliphatic carbocycles. The number of phenols is 1. The van der Waals surface area contributed by atoms with E-state index in [1.54, 1.807) is 0 Å². The van der Waals surface area contributed by atoms with Crippen molar-refractivity contribution in [1.82, 2.24) is 19.1 Å². The zero-order valence-electron chi connectivity index (χ0n) is 45.8. The van der Waals surface area contributed by atoms with Crippen LogP contribution in [0, 0.1) is 6.07 Å². The number of benzene rings is 9. The van der Waals surface area contributed by atoms with E-state index in [0.29, 0.717) is 11.4 Å². The maximum absolute atomic E-state index is 12.8. The predicted molar refractivity (Wildman–Crippen MR) is 322 cm³/mol. The first-order valence-electron chi connectivity index (χ1n) is 26.8. The van der Waals surface area contributed by atoms with Crippen LogP contribution in [0.3, 0.4) is 0 Å². The van der Waals surface area contributed by atoms with Gasteiger partial charge in [-0.15, -0.1) is 12.1 Å². The molecule has 12 rings (SSSR count). The molecule has 3 heterocycles. The Hall–Kier alpha value is -8.11. The monoisotopic (exact) mass is 1190 g/mol. The smallest absolute Gasteiger partial charge is 0.148 e. The molecular weight excluding hydrogens is 1130 g/mol. The normalized spacial score (nSPS) is 12.1. The predicted octanol–water partition coefficient (Wildman–Crippen LogP) is 18.9.